The number of carbonyl (C=O) groups excluding carboxylic acids is 1. The Morgan fingerprint density at radius 3 is 2.21 bits per heavy atom. The molecule has 0 aromatic heterocycles. The number of aromatic carboxylic acids is 1. The molecular formula is C24H21ClO3. The van der Waals surface area contributed by atoms with Crippen molar-refractivity contribution in [1.82, 2.24) is 0 Å². The van der Waals surface area contributed by atoms with Gasteiger partial charge in [0.15, 0.2) is 5.78 Å². The predicted molar refractivity (Wildman–Crippen MR) is 111 cm³/mol. The van der Waals surface area contributed by atoms with Gasteiger partial charge in [0.2, 0.25) is 0 Å². The van der Waals surface area contributed by atoms with Gasteiger partial charge in [-0.05, 0) is 54.2 Å². The summed E-state index contributed by atoms with van der Waals surface area (Å²) in [4.78, 5) is 24.1. The number of carbonyl (C=O) groups is 2. The van der Waals surface area contributed by atoms with Crippen LogP contribution in [0.15, 0.2) is 78.9 Å². The molecule has 3 rings (SSSR count). The van der Waals surface area contributed by atoms with E-state index in [0.29, 0.717) is 17.0 Å². The van der Waals surface area contributed by atoms with Crippen LogP contribution >= 0.6 is 11.6 Å². The molecule has 0 radical (unpaired) electrons. The molecule has 1 N–H and O–H groups in total. The average molecular weight is 393 g/mol. The second-order valence-corrected chi connectivity index (χ2v) is 7.22. The van der Waals surface area contributed by atoms with E-state index in [1.165, 1.54) is 0 Å². The third-order valence-electron chi connectivity index (χ3n) is 4.83. The van der Waals surface area contributed by atoms with Crippen molar-refractivity contribution in [3.8, 4) is 0 Å². The highest BCUT2D eigenvalue weighted by molar-refractivity contribution is 6.30. The van der Waals surface area contributed by atoms with Crippen LogP contribution in [0.3, 0.4) is 0 Å². The third kappa shape index (κ3) is 5.30. The van der Waals surface area contributed by atoms with Crippen molar-refractivity contribution in [1.29, 1.82) is 0 Å². The smallest absolute Gasteiger partial charge is 0.335 e. The first-order valence-electron chi connectivity index (χ1n) is 9.19. The molecule has 3 aromatic rings. The summed E-state index contributed by atoms with van der Waals surface area (Å²) in [6.07, 6.45) is 1.85. The molecule has 0 bridgehead atoms. The van der Waals surface area contributed by atoms with Crippen LogP contribution in [0.2, 0.25) is 5.02 Å². The quantitative estimate of drug-likeness (QED) is 0.476. The largest absolute Gasteiger partial charge is 0.478 e. The molecule has 142 valence electrons. The summed E-state index contributed by atoms with van der Waals surface area (Å²) in [5.74, 6) is -0.974. The number of carboxylic acid groups (broad SMARTS) is 1. The third-order valence-corrected chi connectivity index (χ3v) is 5.08. The van der Waals surface area contributed by atoms with Gasteiger partial charge in [-0.15, -0.1) is 0 Å². The van der Waals surface area contributed by atoms with Crippen LogP contribution in [0.1, 0.15) is 50.6 Å². The van der Waals surface area contributed by atoms with Crippen molar-refractivity contribution in [3.05, 3.63) is 106 Å². The monoisotopic (exact) mass is 392 g/mol. The number of aryl methyl sites for hydroxylation is 1. The lowest BCUT2D eigenvalue weighted by Gasteiger charge is -2.18. The fraction of sp³-hybridized carbons (Fsp3) is 0.167. The molecule has 28 heavy (non-hydrogen) atoms. The van der Waals surface area contributed by atoms with E-state index < -0.39 is 5.97 Å². The minimum Gasteiger partial charge on any atom is -0.478 e. The van der Waals surface area contributed by atoms with Crippen molar-refractivity contribution in [2.75, 3.05) is 0 Å². The summed E-state index contributed by atoms with van der Waals surface area (Å²) in [6.45, 7) is 0. The Hall–Kier alpha value is -2.91. The molecule has 0 heterocycles. The number of halogens is 1. The van der Waals surface area contributed by atoms with E-state index in [0.717, 1.165) is 24.0 Å². The van der Waals surface area contributed by atoms with Gasteiger partial charge < -0.3 is 5.11 Å². The zero-order valence-corrected chi connectivity index (χ0v) is 16.1. The lowest BCUT2D eigenvalue weighted by molar-refractivity contribution is 0.0696. The minimum absolute atomic E-state index is 0.0578. The van der Waals surface area contributed by atoms with Crippen molar-refractivity contribution >= 4 is 23.4 Å². The second kappa shape index (κ2) is 9.34. The molecule has 0 saturated heterocycles. The molecule has 0 saturated carbocycles. The average Bonchev–Trinajstić information content (AvgIpc) is 2.73. The zero-order valence-electron chi connectivity index (χ0n) is 15.3. The summed E-state index contributed by atoms with van der Waals surface area (Å²) in [7, 11) is 0. The van der Waals surface area contributed by atoms with E-state index in [2.05, 4.69) is 0 Å². The van der Waals surface area contributed by atoms with E-state index in [9.17, 15) is 14.7 Å². The molecule has 1 atom stereocenters. The van der Waals surface area contributed by atoms with E-state index in [4.69, 9.17) is 11.6 Å². The summed E-state index contributed by atoms with van der Waals surface area (Å²) in [5.41, 5.74) is 2.92. The van der Waals surface area contributed by atoms with Crippen LogP contribution in [-0.4, -0.2) is 16.9 Å². The highest BCUT2D eigenvalue weighted by Gasteiger charge is 2.18. The SMILES string of the molecule is O=C(O)c1cccc(C(CCc2ccc(Cl)cc2)CC(=O)c2ccccc2)c1. The first-order valence-corrected chi connectivity index (χ1v) is 9.56. The maximum Gasteiger partial charge on any atom is 0.335 e. The number of hydrogen-bond acceptors (Lipinski definition) is 2. The van der Waals surface area contributed by atoms with Crippen LogP contribution in [0.25, 0.3) is 0 Å². The highest BCUT2D eigenvalue weighted by atomic mass is 35.5. The van der Waals surface area contributed by atoms with E-state index in [1.807, 2.05) is 60.7 Å². The van der Waals surface area contributed by atoms with E-state index >= 15 is 0 Å². The van der Waals surface area contributed by atoms with Gasteiger partial charge in [-0.2, -0.15) is 0 Å². The molecule has 0 aliphatic carbocycles. The first-order chi connectivity index (χ1) is 13.5. The standard InChI is InChI=1S/C24H21ClO3/c25-22-13-10-17(11-14-22)9-12-20(16-23(26)18-5-2-1-3-6-18)19-7-4-8-21(15-19)24(27)28/h1-8,10-11,13-15,20H,9,12,16H2,(H,27,28). The zero-order chi connectivity index (χ0) is 19.9. The van der Waals surface area contributed by atoms with Gasteiger partial charge >= 0.3 is 5.97 Å². The molecule has 0 fully saturated rings. The van der Waals surface area contributed by atoms with Crippen molar-refractivity contribution < 1.29 is 14.7 Å². The molecule has 0 aliphatic heterocycles. The van der Waals surface area contributed by atoms with E-state index in [1.54, 1.807) is 18.2 Å². The number of benzene rings is 3. The summed E-state index contributed by atoms with van der Waals surface area (Å²) >= 11 is 5.95. The molecule has 3 nitrogen and oxygen atoms in total. The Balaban J connectivity index is 1.82. The maximum atomic E-state index is 12.8. The van der Waals surface area contributed by atoms with Crippen molar-refractivity contribution in [2.45, 2.75) is 25.2 Å². The van der Waals surface area contributed by atoms with Gasteiger partial charge in [-0.1, -0.05) is 66.2 Å². The van der Waals surface area contributed by atoms with Gasteiger partial charge in [0.25, 0.3) is 0 Å². The van der Waals surface area contributed by atoms with Crippen LogP contribution in [0, 0.1) is 0 Å². The van der Waals surface area contributed by atoms with Gasteiger partial charge in [0.1, 0.15) is 0 Å². The fourth-order valence-electron chi connectivity index (χ4n) is 3.27. The first kappa shape index (κ1) is 19.8. The molecule has 0 aliphatic rings. The molecule has 0 spiro atoms. The number of hydrogen-bond donors (Lipinski definition) is 1. The lowest BCUT2D eigenvalue weighted by atomic mass is 9.86. The van der Waals surface area contributed by atoms with Crippen LogP contribution in [0.5, 0.6) is 0 Å². The summed E-state index contributed by atoms with van der Waals surface area (Å²) < 4.78 is 0. The van der Waals surface area contributed by atoms with Gasteiger partial charge in [-0.3, -0.25) is 4.79 Å². The van der Waals surface area contributed by atoms with Gasteiger partial charge in [0.05, 0.1) is 5.56 Å². The van der Waals surface area contributed by atoms with Crippen LogP contribution in [0.4, 0.5) is 0 Å². The molecule has 1 unspecified atom stereocenters. The normalized spacial score (nSPS) is 11.8. The maximum absolute atomic E-state index is 12.8. The lowest BCUT2D eigenvalue weighted by Crippen LogP contribution is -2.10. The van der Waals surface area contributed by atoms with Gasteiger partial charge in [-0.25, -0.2) is 4.79 Å². The summed E-state index contributed by atoms with van der Waals surface area (Å²) in [5, 5.41) is 9.99. The number of Topliss-reactive ketones (excluding diaryl/α,β-unsaturated/α-hetero) is 1. The van der Waals surface area contributed by atoms with Crippen molar-refractivity contribution in [3.63, 3.8) is 0 Å². The Kier molecular flexibility index (Phi) is 6.62. The highest BCUT2D eigenvalue weighted by Crippen LogP contribution is 2.28. The fourth-order valence-corrected chi connectivity index (χ4v) is 3.40. The van der Waals surface area contributed by atoms with Crippen LogP contribution < -0.4 is 0 Å². The molecule has 0 amide bonds. The minimum atomic E-state index is -0.965. The Bertz CT molecular complexity index is 949. The topological polar surface area (TPSA) is 54.4 Å². The van der Waals surface area contributed by atoms with E-state index in [-0.39, 0.29) is 17.3 Å². The van der Waals surface area contributed by atoms with Crippen molar-refractivity contribution in [2.24, 2.45) is 0 Å². The molecular weight excluding hydrogens is 372 g/mol. The predicted octanol–water partition coefficient (Wildman–Crippen LogP) is 6.03. The van der Waals surface area contributed by atoms with Crippen LogP contribution in [-0.2, 0) is 6.42 Å². The number of ketones is 1. The Labute approximate surface area is 169 Å². The Morgan fingerprint density at radius 2 is 1.54 bits per heavy atom. The Morgan fingerprint density at radius 1 is 0.857 bits per heavy atom. The summed E-state index contributed by atoms with van der Waals surface area (Å²) in [6, 6.07) is 23.7. The second-order valence-electron chi connectivity index (χ2n) is 6.79. The number of carboxylic acids is 1. The molecule has 3 aromatic carbocycles. The molecule has 4 heteroatoms. The van der Waals surface area contributed by atoms with Gasteiger partial charge in [0, 0.05) is 17.0 Å². The number of rotatable bonds is 8.